The summed E-state index contributed by atoms with van der Waals surface area (Å²) in [6, 6.07) is 10.7. The fourth-order valence-corrected chi connectivity index (χ4v) is 3.19. The van der Waals surface area contributed by atoms with Gasteiger partial charge >= 0.3 is 0 Å². The standard InChI is InChI=1S/C18H28N2/c1-14-4-3-11-20(15(14)2)13-17-7-5-16(6-8-17)12-19-18-9-10-18/h5-8,14-15,18-19H,3-4,9-13H2,1-2H3. The largest absolute Gasteiger partial charge is 0.310 e. The molecule has 1 saturated heterocycles. The van der Waals surface area contributed by atoms with Crippen molar-refractivity contribution in [2.75, 3.05) is 6.54 Å². The minimum atomic E-state index is 0.722. The third-order valence-electron chi connectivity index (χ3n) is 5.09. The molecule has 1 aliphatic carbocycles. The molecule has 110 valence electrons. The Morgan fingerprint density at radius 1 is 1.05 bits per heavy atom. The first-order valence-electron chi connectivity index (χ1n) is 8.27. The van der Waals surface area contributed by atoms with Gasteiger partial charge in [0.05, 0.1) is 0 Å². The summed E-state index contributed by atoms with van der Waals surface area (Å²) >= 11 is 0. The second-order valence-electron chi connectivity index (χ2n) is 6.80. The van der Waals surface area contributed by atoms with Gasteiger partial charge in [-0.25, -0.2) is 0 Å². The number of piperidine rings is 1. The van der Waals surface area contributed by atoms with Gasteiger partial charge in [0.2, 0.25) is 0 Å². The maximum absolute atomic E-state index is 3.58. The molecule has 2 fully saturated rings. The molecule has 1 heterocycles. The molecule has 3 rings (SSSR count). The van der Waals surface area contributed by atoms with E-state index in [9.17, 15) is 0 Å². The molecule has 1 aromatic carbocycles. The Kier molecular flexibility index (Phi) is 4.42. The fraction of sp³-hybridized carbons (Fsp3) is 0.667. The van der Waals surface area contributed by atoms with Crippen LogP contribution in [0.5, 0.6) is 0 Å². The zero-order chi connectivity index (χ0) is 13.9. The first kappa shape index (κ1) is 14.1. The molecule has 0 spiro atoms. The first-order valence-corrected chi connectivity index (χ1v) is 8.27. The van der Waals surface area contributed by atoms with Crippen molar-refractivity contribution < 1.29 is 0 Å². The van der Waals surface area contributed by atoms with E-state index in [-0.39, 0.29) is 0 Å². The third-order valence-corrected chi connectivity index (χ3v) is 5.09. The summed E-state index contributed by atoms with van der Waals surface area (Å²) in [5.74, 6) is 0.839. The van der Waals surface area contributed by atoms with Crippen molar-refractivity contribution in [1.29, 1.82) is 0 Å². The maximum atomic E-state index is 3.58. The normalized spacial score (nSPS) is 27.7. The van der Waals surface area contributed by atoms with Crippen LogP contribution in [0.3, 0.4) is 0 Å². The van der Waals surface area contributed by atoms with Gasteiger partial charge in [-0.15, -0.1) is 0 Å². The maximum Gasteiger partial charge on any atom is 0.0236 e. The first-order chi connectivity index (χ1) is 9.72. The smallest absolute Gasteiger partial charge is 0.0236 e. The lowest BCUT2D eigenvalue weighted by molar-refractivity contribution is 0.106. The average molecular weight is 272 g/mol. The highest BCUT2D eigenvalue weighted by Crippen LogP contribution is 2.24. The van der Waals surface area contributed by atoms with E-state index in [1.165, 1.54) is 43.4 Å². The highest BCUT2D eigenvalue weighted by molar-refractivity contribution is 5.22. The Balaban J connectivity index is 1.53. The van der Waals surface area contributed by atoms with Crippen molar-refractivity contribution in [1.82, 2.24) is 10.2 Å². The monoisotopic (exact) mass is 272 g/mol. The van der Waals surface area contributed by atoms with Gasteiger partial charge in [0.15, 0.2) is 0 Å². The van der Waals surface area contributed by atoms with E-state index >= 15 is 0 Å². The lowest BCUT2D eigenvalue weighted by Gasteiger charge is -2.38. The van der Waals surface area contributed by atoms with Gasteiger partial charge in [-0.05, 0) is 56.2 Å². The SMILES string of the molecule is CC1CCCN(Cc2ccc(CNC3CC3)cc2)C1C. The van der Waals surface area contributed by atoms with Crippen molar-refractivity contribution in [2.45, 2.75) is 64.7 Å². The van der Waals surface area contributed by atoms with Gasteiger partial charge in [-0.2, -0.15) is 0 Å². The van der Waals surface area contributed by atoms with Crippen LogP contribution in [0.4, 0.5) is 0 Å². The topological polar surface area (TPSA) is 15.3 Å². The number of nitrogens with one attached hydrogen (secondary N) is 1. The highest BCUT2D eigenvalue weighted by atomic mass is 15.2. The average Bonchev–Trinajstić information content (AvgIpc) is 3.27. The van der Waals surface area contributed by atoms with E-state index in [0.717, 1.165) is 31.1 Å². The van der Waals surface area contributed by atoms with Crippen LogP contribution in [0.15, 0.2) is 24.3 Å². The Hall–Kier alpha value is -0.860. The van der Waals surface area contributed by atoms with Gasteiger partial charge in [0.1, 0.15) is 0 Å². The van der Waals surface area contributed by atoms with Gasteiger partial charge in [0.25, 0.3) is 0 Å². The summed E-state index contributed by atoms with van der Waals surface area (Å²) in [7, 11) is 0. The van der Waals surface area contributed by atoms with Gasteiger partial charge in [-0.3, -0.25) is 4.90 Å². The van der Waals surface area contributed by atoms with Crippen LogP contribution in [-0.4, -0.2) is 23.5 Å². The van der Waals surface area contributed by atoms with E-state index in [1.807, 2.05) is 0 Å². The molecule has 20 heavy (non-hydrogen) atoms. The quantitative estimate of drug-likeness (QED) is 0.881. The van der Waals surface area contributed by atoms with Gasteiger partial charge < -0.3 is 5.32 Å². The van der Waals surface area contributed by atoms with Crippen LogP contribution < -0.4 is 5.32 Å². The molecule has 2 nitrogen and oxygen atoms in total. The number of nitrogens with zero attached hydrogens (tertiary/aromatic N) is 1. The Morgan fingerprint density at radius 2 is 1.75 bits per heavy atom. The van der Waals surface area contributed by atoms with Crippen LogP contribution in [0.25, 0.3) is 0 Å². The van der Waals surface area contributed by atoms with Crippen molar-refractivity contribution in [2.24, 2.45) is 5.92 Å². The van der Waals surface area contributed by atoms with Gasteiger partial charge in [0, 0.05) is 25.2 Å². The lowest BCUT2D eigenvalue weighted by Crippen LogP contribution is -2.41. The number of likely N-dealkylation sites (tertiary alicyclic amines) is 1. The molecule has 0 bridgehead atoms. The molecule has 0 radical (unpaired) electrons. The van der Waals surface area contributed by atoms with Crippen LogP contribution in [-0.2, 0) is 13.1 Å². The van der Waals surface area contributed by atoms with E-state index in [2.05, 4.69) is 48.3 Å². The Bertz CT molecular complexity index is 422. The minimum Gasteiger partial charge on any atom is -0.310 e. The molecule has 2 heteroatoms. The van der Waals surface area contributed by atoms with Crippen molar-refractivity contribution in [3.8, 4) is 0 Å². The van der Waals surface area contributed by atoms with Crippen molar-refractivity contribution in [3.63, 3.8) is 0 Å². The fourth-order valence-electron chi connectivity index (χ4n) is 3.19. The van der Waals surface area contributed by atoms with Crippen molar-refractivity contribution in [3.05, 3.63) is 35.4 Å². The van der Waals surface area contributed by atoms with E-state index in [1.54, 1.807) is 0 Å². The molecule has 1 N–H and O–H groups in total. The molecule has 0 amide bonds. The van der Waals surface area contributed by atoms with Crippen LogP contribution in [0.2, 0.25) is 0 Å². The molecule has 1 saturated carbocycles. The summed E-state index contributed by atoms with van der Waals surface area (Å²) in [5, 5.41) is 3.58. The predicted molar refractivity (Wildman–Crippen MR) is 84.6 cm³/mol. The molecule has 0 aromatic heterocycles. The number of benzene rings is 1. The summed E-state index contributed by atoms with van der Waals surface area (Å²) in [4.78, 5) is 2.64. The predicted octanol–water partition coefficient (Wildman–Crippen LogP) is 3.56. The third kappa shape index (κ3) is 3.62. The van der Waals surface area contributed by atoms with E-state index in [4.69, 9.17) is 0 Å². The Labute approximate surface area is 123 Å². The summed E-state index contributed by atoms with van der Waals surface area (Å²) in [5.41, 5.74) is 2.88. The van der Waals surface area contributed by atoms with Gasteiger partial charge in [-0.1, -0.05) is 31.2 Å². The van der Waals surface area contributed by atoms with Crippen LogP contribution in [0, 0.1) is 5.92 Å². The zero-order valence-electron chi connectivity index (χ0n) is 12.9. The summed E-state index contributed by atoms with van der Waals surface area (Å²) in [6.07, 6.45) is 5.48. The molecular weight excluding hydrogens is 244 g/mol. The molecular formula is C18H28N2. The minimum absolute atomic E-state index is 0.722. The second kappa shape index (κ2) is 6.28. The Morgan fingerprint density at radius 3 is 2.45 bits per heavy atom. The zero-order valence-corrected chi connectivity index (χ0v) is 12.9. The van der Waals surface area contributed by atoms with Crippen LogP contribution >= 0.6 is 0 Å². The molecule has 2 aliphatic rings. The molecule has 1 aromatic rings. The van der Waals surface area contributed by atoms with E-state index < -0.39 is 0 Å². The van der Waals surface area contributed by atoms with Crippen molar-refractivity contribution >= 4 is 0 Å². The number of hydrogen-bond acceptors (Lipinski definition) is 2. The number of rotatable bonds is 5. The summed E-state index contributed by atoms with van der Waals surface area (Å²) < 4.78 is 0. The van der Waals surface area contributed by atoms with E-state index in [0.29, 0.717) is 0 Å². The highest BCUT2D eigenvalue weighted by Gasteiger charge is 2.24. The number of hydrogen-bond donors (Lipinski definition) is 1. The lowest BCUT2D eigenvalue weighted by atomic mass is 9.91. The molecule has 2 atom stereocenters. The molecule has 1 aliphatic heterocycles. The van der Waals surface area contributed by atoms with Crippen LogP contribution in [0.1, 0.15) is 50.7 Å². The second-order valence-corrected chi connectivity index (χ2v) is 6.80. The summed E-state index contributed by atoms with van der Waals surface area (Å²) in [6.45, 7) is 8.18. The molecule has 2 unspecified atom stereocenters.